The molecule has 156 valence electrons. The third kappa shape index (κ3) is 10.9. The van der Waals surface area contributed by atoms with E-state index in [4.69, 9.17) is 0 Å². The van der Waals surface area contributed by atoms with Gasteiger partial charge in [-0.3, -0.25) is 0 Å². The number of nitrogens with one attached hydrogen (secondary N) is 2. The Bertz CT molecular complexity index is 265. The van der Waals surface area contributed by atoms with Gasteiger partial charge in [-0.2, -0.15) is 0 Å². The normalized spacial score (nSPS) is 32.3. The van der Waals surface area contributed by atoms with Crippen LogP contribution in [-0.2, 0) is 0 Å². The first-order chi connectivity index (χ1) is 12.4. The van der Waals surface area contributed by atoms with E-state index in [-0.39, 0.29) is 0 Å². The lowest BCUT2D eigenvalue weighted by Crippen LogP contribution is -2.29. The van der Waals surface area contributed by atoms with Crippen LogP contribution in [0.15, 0.2) is 0 Å². The van der Waals surface area contributed by atoms with Crippen LogP contribution >= 0.6 is 0 Å². The van der Waals surface area contributed by atoms with Crippen molar-refractivity contribution in [3.63, 3.8) is 0 Å². The van der Waals surface area contributed by atoms with Crippen LogP contribution in [-0.4, -0.2) is 25.2 Å². The van der Waals surface area contributed by atoms with Gasteiger partial charge in [-0.05, 0) is 75.3 Å². The SMILES string of the molecule is C1CCC2NCCC2C1.C1CCC2NCCC2C1.CC(C)C.CC(C)C. The minimum atomic E-state index is 0.833. The van der Waals surface area contributed by atoms with E-state index in [9.17, 15) is 0 Å². The zero-order valence-corrected chi connectivity index (χ0v) is 18.9. The molecular formula is C24H50N2. The third-order valence-electron chi connectivity index (χ3n) is 5.66. The fourth-order valence-electron chi connectivity index (χ4n) is 4.55. The van der Waals surface area contributed by atoms with Crippen molar-refractivity contribution in [1.82, 2.24) is 10.6 Å². The molecule has 0 spiro atoms. The first-order valence-electron chi connectivity index (χ1n) is 11.9. The topological polar surface area (TPSA) is 24.1 Å². The van der Waals surface area contributed by atoms with E-state index in [1.807, 2.05) is 0 Å². The molecule has 2 saturated heterocycles. The minimum absolute atomic E-state index is 0.833. The van der Waals surface area contributed by atoms with E-state index < -0.39 is 0 Å². The highest BCUT2D eigenvalue weighted by atomic mass is 15.0. The van der Waals surface area contributed by atoms with Crippen molar-refractivity contribution < 1.29 is 0 Å². The van der Waals surface area contributed by atoms with Crippen molar-refractivity contribution in [1.29, 1.82) is 0 Å². The van der Waals surface area contributed by atoms with Crippen molar-refractivity contribution in [2.24, 2.45) is 23.7 Å². The molecule has 4 rings (SSSR count). The highest BCUT2D eigenvalue weighted by Crippen LogP contribution is 2.30. The Hall–Kier alpha value is -0.0800. The summed E-state index contributed by atoms with van der Waals surface area (Å²) in [6.07, 6.45) is 14.7. The molecule has 2 heteroatoms. The van der Waals surface area contributed by atoms with Crippen molar-refractivity contribution in [2.45, 2.75) is 118 Å². The van der Waals surface area contributed by atoms with Crippen LogP contribution in [0.4, 0.5) is 0 Å². The molecule has 4 unspecified atom stereocenters. The average Bonchev–Trinajstić information content (AvgIpc) is 3.23. The van der Waals surface area contributed by atoms with Crippen LogP contribution in [0.1, 0.15) is 106 Å². The summed E-state index contributed by atoms with van der Waals surface area (Å²) in [5.74, 6) is 3.78. The second-order valence-corrected chi connectivity index (χ2v) is 10.3. The second kappa shape index (κ2) is 14.0. The molecule has 26 heavy (non-hydrogen) atoms. The minimum Gasteiger partial charge on any atom is -0.314 e. The molecule has 0 bridgehead atoms. The number of hydrogen-bond donors (Lipinski definition) is 2. The molecule has 0 aromatic carbocycles. The van der Waals surface area contributed by atoms with Gasteiger partial charge in [0, 0.05) is 12.1 Å². The molecule has 0 aromatic rings. The van der Waals surface area contributed by atoms with E-state index in [2.05, 4.69) is 52.2 Å². The lowest BCUT2D eigenvalue weighted by atomic mass is 9.86. The van der Waals surface area contributed by atoms with Gasteiger partial charge >= 0.3 is 0 Å². The molecule has 2 N–H and O–H groups in total. The number of fused-ring (bicyclic) bond motifs is 2. The van der Waals surface area contributed by atoms with Gasteiger partial charge in [0.15, 0.2) is 0 Å². The van der Waals surface area contributed by atoms with E-state index in [0.29, 0.717) is 0 Å². The highest BCUT2D eigenvalue weighted by molar-refractivity contribution is 4.87. The summed E-state index contributed by atoms with van der Waals surface area (Å²) in [5.41, 5.74) is 0. The molecule has 4 atom stereocenters. The van der Waals surface area contributed by atoms with Gasteiger partial charge in [-0.25, -0.2) is 0 Å². The lowest BCUT2D eigenvalue weighted by molar-refractivity contribution is 0.326. The Kier molecular flexibility index (Phi) is 12.9. The predicted octanol–water partition coefficient (Wildman–Crippen LogP) is 6.40. The largest absolute Gasteiger partial charge is 0.314 e. The maximum absolute atomic E-state index is 3.56. The van der Waals surface area contributed by atoms with Crippen LogP contribution < -0.4 is 10.6 Å². The third-order valence-corrected chi connectivity index (χ3v) is 5.66. The van der Waals surface area contributed by atoms with Gasteiger partial charge in [0.05, 0.1) is 0 Å². The molecule has 0 aromatic heterocycles. The van der Waals surface area contributed by atoms with Gasteiger partial charge in [-0.15, -0.1) is 0 Å². The Morgan fingerprint density at radius 3 is 1.12 bits per heavy atom. The monoisotopic (exact) mass is 366 g/mol. The van der Waals surface area contributed by atoms with E-state index in [1.165, 1.54) is 77.3 Å². The van der Waals surface area contributed by atoms with Crippen LogP contribution in [0.3, 0.4) is 0 Å². The summed E-state index contributed by atoms with van der Waals surface area (Å²) in [7, 11) is 0. The van der Waals surface area contributed by atoms with Crippen molar-refractivity contribution in [2.75, 3.05) is 13.1 Å². The summed E-state index contributed by atoms with van der Waals surface area (Å²) >= 11 is 0. The highest BCUT2D eigenvalue weighted by Gasteiger charge is 2.29. The van der Waals surface area contributed by atoms with Crippen molar-refractivity contribution >= 4 is 0 Å². The van der Waals surface area contributed by atoms with E-state index >= 15 is 0 Å². The average molecular weight is 367 g/mol. The zero-order chi connectivity index (χ0) is 19.4. The Morgan fingerprint density at radius 1 is 0.500 bits per heavy atom. The van der Waals surface area contributed by atoms with Crippen LogP contribution in [0.2, 0.25) is 0 Å². The van der Waals surface area contributed by atoms with Crippen LogP contribution in [0.5, 0.6) is 0 Å². The predicted molar refractivity (Wildman–Crippen MR) is 118 cm³/mol. The molecule has 2 aliphatic carbocycles. The molecule has 0 radical (unpaired) electrons. The van der Waals surface area contributed by atoms with E-state index in [0.717, 1.165) is 35.8 Å². The zero-order valence-electron chi connectivity index (χ0n) is 18.9. The Labute approximate surface area is 165 Å². The molecule has 2 aliphatic heterocycles. The maximum Gasteiger partial charge on any atom is 0.00958 e. The first kappa shape index (κ1) is 24.0. The molecule has 2 saturated carbocycles. The van der Waals surface area contributed by atoms with Crippen molar-refractivity contribution in [3.05, 3.63) is 0 Å². The fourth-order valence-corrected chi connectivity index (χ4v) is 4.55. The van der Waals surface area contributed by atoms with Crippen LogP contribution in [0, 0.1) is 23.7 Å². The molecular weight excluding hydrogens is 316 g/mol. The van der Waals surface area contributed by atoms with Gasteiger partial charge in [0.2, 0.25) is 0 Å². The van der Waals surface area contributed by atoms with Gasteiger partial charge < -0.3 is 10.6 Å². The molecule has 0 amide bonds. The summed E-state index contributed by atoms with van der Waals surface area (Å²) in [6, 6.07) is 1.83. The van der Waals surface area contributed by atoms with Crippen LogP contribution in [0.25, 0.3) is 0 Å². The molecule has 4 aliphatic rings. The fraction of sp³-hybridized carbons (Fsp3) is 1.00. The maximum atomic E-state index is 3.56. The summed E-state index contributed by atoms with van der Waals surface area (Å²) in [6.45, 7) is 15.6. The number of rotatable bonds is 0. The summed E-state index contributed by atoms with van der Waals surface area (Å²) in [4.78, 5) is 0. The van der Waals surface area contributed by atoms with E-state index in [1.54, 1.807) is 0 Å². The van der Waals surface area contributed by atoms with Crippen molar-refractivity contribution in [3.8, 4) is 0 Å². The Morgan fingerprint density at radius 2 is 0.808 bits per heavy atom. The number of hydrogen-bond acceptors (Lipinski definition) is 2. The lowest BCUT2D eigenvalue weighted by Gasteiger charge is -2.24. The van der Waals surface area contributed by atoms with Gasteiger partial charge in [0.1, 0.15) is 0 Å². The summed E-state index contributed by atoms with van der Waals surface area (Å²) in [5, 5.41) is 7.12. The quantitative estimate of drug-likeness (QED) is 0.518. The van der Waals surface area contributed by atoms with Gasteiger partial charge in [0.25, 0.3) is 0 Å². The molecule has 2 heterocycles. The Balaban J connectivity index is 0.000000188. The second-order valence-electron chi connectivity index (χ2n) is 10.3. The first-order valence-corrected chi connectivity index (χ1v) is 11.9. The summed E-state index contributed by atoms with van der Waals surface area (Å²) < 4.78 is 0. The molecule has 4 fully saturated rings. The van der Waals surface area contributed by atoms with Gasteiger partial charge in [-0.1, -0.05) is 67.2 Å². The standard InChI is InChI=1S/2C8H15N.2C4H10/c2*1-2-4-8-7(3-1)5-6-9-8;2*1-4(2)3/h2*7-9H,1-6H2;2*4H,1-3H3. The smallest absolute Gasteiger partial charge is 0.00958 e. The molecule has 2 nitrogen and oxygen atoms in total.